The first kappa shape index (κ1) is 18.0. The summed E-state index contributed by atoms with van der Waals surface area (Å²) < 4.78 is 92.6. The van der Waals surface area contributed by atoms with Crippen molar-refractivity contribution in [2.75, 3.05) is 10.6 Å². The number of hydrogen-bond donors (Lipinski definition) is 2. The minimum atomic E-state index is -5.06. The third kappa shape index (κ3) is 5.81. The first-order valence-corrected chi connectivity index (χ1v) is 7.48. The highest BCUT2D eigenvalue weighted by Gasteiger charge is 2.38. The smallest absolute Gasteiger partial charge is 0.343 e. The molecular weight excluding hydrogens is 402 g/mol. The van der Waals surface area contributed by atoms with Gasteiger partial charge in [0.1, 0.15) is 22.9 Å². The summed E-state index contributed by atoms with van der Waals surface area (Å²) in [6, 6.07) is -2.44. The number of hydrogen-bond acceptors (Lipinski definition) is 6. The van der Waals surface area contributed by atoms with E-state index in [2.05, 4.69) is 19.9 Å². The maximum atomic E-state index is 13.0. The van der Waals surface area contributed by atoms with Gasteiger partial charge < -0.3 is 10.6 Å². The van der Waals surface area contributed by atoms with E-state index in [1.807, 2.05) is 0 Å². The Morgan fingerprint density at radius 1 is 0.889 bits per heavy atom. The summed E-state index contributed by atoms with van der Waals surface area (Å²) >= 11 is 5.74. The van der Waals surface area contributed by atoms with Crippen molar-refractivity contribution in [3.63, 3.8) is 0 Å². The fourth-order valence-corrected chi connectivity index (χ4v) is 1.78. The van der Waals surface area contributed by atoms with E-state index in [-0.39, 0.29) is 10.8 Å². The van der Waals surface area contributed by atoms with Crippen molar-refractivity contribution in [2.45, 2.75) is 38.2 Å². The van der Waals surface area contributed by atoms with E-state index in [1.165, 1.54) is 18.2 Å². The van der Waals surface area contributed by atoms with Gasteiger partial charge in [-0.1, -0.05) is 17.7 Å². The Labute approximate surface area is 157 Å². The van der Waals surface area contributed by atoms with Gasteiger partial charge in [-0.3, -0.25) is 0 Å². The molecule has 2 N–H and O–H groups in total. The molecule has 0 saturated carbocycles. The van der Waals surface area contributed by atoms with Crippen molar-refractivity contribution in [2.24, 2.45) is 0 Å². The molecule has 27 heavy (non-hydrogen) atoms. The molecule has 0 aromatic carbocycles. The Hall–Kier alpha value is -2.37. The van der Waals surface area contributed by atoms with Crippen LogP contribution in [-0.4, -0.2) is 44.3 Å². The van der Waals surface area contributed by atoms with Crippen LogP contribution in [-0.2, 0) is 0 Å². The van der Waals surface area contributed by atoms with Gasteiger partial charge in [-0.15, -0.1) is 0 Å². The number of alkyl halides is 6. The summed E-state index contributed by atoms with van der Waals surface area (Å²) in [5.74, 6) is -2.14. The number of nitrogens with zero attached hydrogens (tertiary/aromatic N) is 4. The fourth-order valence-electron chi connectivity index (χ4n) is 1.61. The van der Waals surface area contributed by atoms with Gasteiger partial charge in [-0.05, 0) is 26.0 Å². The molecule has 2 aromatic rings. The Balaban J connectivity index is 2.55. The van der Waals surface area contributed by atoms with Gasteiger partial charge in [0.15, 0.2) is 5.82 Å². The quantitative estimate of drug-likeness (QED) is 0.558. The molecule has 0 aliphatic heterocycles. The van der Waals surface area contributed by atoms with Crippen LogP contribution in [0.4, 0.5) is 38.2 Å². The number of rotatable bonds is 5. The summed E-state index contributed by atoms with van der Waals surface area (Å²) in [4.78, 5) is 14.6. The number of aromatic nitrogens is 4. The van der Waals surface area contributed by atoms with Gasteiger partial charge in [-0.2, -0.15) is 41.3 Å². The molecule has 0 fully saturated rings. The molecule has 0 spiro atoms. The zero-order valence-electron chi connectivity index (χ0n) is 15.7. The van der Waals surface area contributed by atoms with Crippen LogP contribution in [0.2, 0.25) is 5.15 Å². The molecule has 2 heterocycles. The first-order valence-electron chi connectivity index (χ1n) is 8.11. The largest absolute Gasteiger partial charge is 0.408 e. The zero-order valence-corrected chi connectivity index (χ0v) is 14.4. The highest BCUT2D eigenvalue weighted by Crippen LogP contribution is 2.26. The fraction of sp³-hybridized carbons (Fsp3) is 0.429. The zero-order chi connectivity index (χ0) is 22.3. The maximum absolute atomic E-state index is 13.0. The van der Waals surface area contributed by atoms with E-state index in [0.29, 0.717) is 13.8 Å². The molecule has 0 bridgehead atoms. The van der Waals surface area contributed by atoms with E-state index in [0.717, 1.165) is 0 Å². The number of pyridine rings is 1. The molecule has 2 rings (SSSR count). The second-order valence-corrected chi connectivity index (χ2v) is 5.53. The predicted molar refractivity (Wildman–Crippen MR) is 86.3 cm³/mol. The Morgan fingerprint density at radius 2 is 1.37 bits per heavy atom. The number of halogens is 7. The van der Waals surface area contributed by atoms with E-state index in [1.54, 1.807) is 10.6 Å². The Bertz CT molecular complexity index is 843. The van der Waals surface area contributed by atoms with Crippen LogP contribution in [0, 0.1) is 0 Å². The summed E-state index contributed by atoms with van der Waals surface area (Å²) in [5.41, 5.74) is -0.0802. The summed E-state index contributed by atoms with van der Waals surface area (Å²) in [5, 5.41) is 3.33. The van der Waals surface area contributed by atoms with Crippen LogP contribution in [0.15, 0.2) is 18.2 Å². The van der Waals surface area contributed by atoms with E-state index in [9.17, 15) is 26.3 Å². The van der Waals surface area contributed by atoms with E-state index in [4.69, 9.17) is 14.3 Å². The molecule has 6 nitrogen and oxygen atoms in total. The second-order valence-electron chi connectivity index (χ2n) is 5.15. The van der Waals surface area contributed by atoms with Gasteiger partial charge in [0, 0.05) is 0 Å². The molecule has 148 valence electrons. The van der Waals surface area contributed by atoms with Crippen LogP contribution in [0.1, 0.15) is 16.6 Å². The average molecular weight is 417 g/mol. The maximum Gasteiger partial charge on any atom is 0.408 e. The van der Waals surface area contributed by atoms with Crippen molar-refractivity contribution < 1.29 is 29.1 Å². The molecule has 0 saturated heterocycles. The number of nitrogens with one attached hydrogen (secondary N) is 2. The molecule has 2 aromatic heterocycles. The van der Waals surface area contributed by atoms with Gasteiger partial charge in [0.2, 0.25) is 11.9 Å². The SMILES string of the molecule is [2H][C@](C)(Nc1nc(N[C@]([2H])(C)C(F)(F)F)nc(-c2cccc(Cl)n2)n1)C(F)(F)F. The first-order chi connectivity index (χ1) is 13.0. The topological polar surface area (TPSA) is 75.6 Å². The molecule has 0 amide bonds. The highest BCUT2D eigenvalue weighted by atomic mass is 35.5. The molecule has 0 radical (unpaired) electrons. The normalized spacial score (nSPS) is 18.0. The number of anilines is 2. The summed E-state index contributed by atoms with van der Waals surface area (Å²) in [6.07, 6.45) is -10.1. The average Bonchev–Trinajstić information content (AvgIpc) is 2.51. The van der Waals surface area contributed by atoms with Crippen LogP contribution in [0.25, 0.3) is 11.5 Å². The third-order valence-corrected chi connectivity index (χ3v) is 3.24. The van der Waals surface area contributed by atoms with Crippen LogP contribution in [0.5, 0.6) is 0 Å². The van der Waals surface area contributed by atoms with Crippen molar-refractivity contribution >= 4 is 23.5 Å². The molecule has 0 aliphatic rings. The Kier molecular flexibility index (Phi) is 5.14. The van der Waals surface area contributed by atoms with E-state index < -0.39 is 42.1 Å². The van der Waals surface area contributed by atoms with Crippen molar-refractivity contribution in [3.05, 3.63) is 23.4 Å². The van der Waals surface area contributed by atoms with Gasteiger partial charge in [0.25, 0.3) is 0 Å². The Morgan fingerprint density at radius 3 is 1.78 bits per heavy atom. The van der Waals surface area contributed by atoms with Gasteiger partial charge >= 0.3 is 12.4 Å². The van der Waals surface area contributed by atoms with Crippen LogP contribution in [0.3, 0.4) is 0 Å². The van der Waals surface area contributed by atoms with Crippen molar-refractivity contribution in [3.8, 4) is 11.5 Å². The minimum Gasteiger partial charge on any atom is -0.343 e. The predicted octanol–water partition coefficient (Wildman–Crippen LogP) is 4.31. The lowest BCUT2D eigenvalue weighted by Crippen LogP contribution is -2.35. The van der Waals surface area contributed by atoms with Crippen LogP contribution >= 0.6 is 11.6 Å². The lowest BCUT2D eigenvalue weighted by Gasteiger charge is -2.20. The standard InChI is InChI=1S/C14H13ClF6N6/c1-6(13(16,17)18)22-11-25-10(8-4-3-5-9(15)24-8)26-12(27-11)23-7(2)14(19,20)21/h3-7H,1-2H3,(H2,22,23,25,26,27)/t6-,7-/m1/s1/i6D,7D. The van der Waals surface area contributed by atoms with Gasteiger partial charge in [-0.25, -0.2) is 4.98 Å². The third-order valence-electron chi connectivity index (χ3n) is 3.03. The minimum absolute atomic E-state index is 0.0341. The molecular formula is C14H13ClF6N6. The lowest BCUT2D eigenvalue weighted by atomic mass is 10.3. The monoisotopic (exact) mass is 416 g/mol. The molecule has 13 heteroatoms. The van der Waals surface area contributed by atoms with Crippen molar-refractivity contribution in [1.82, 2.24) is 19.9 Å². The van der Waals surface area contributed by atoms with Crippen molar-refractivity contribution in [1.29, 1.82) is 0 Å². The second kappa shape index (κ2) is 7.71. The molecule has 0 aliphatic carbocycles. The van der Waals surface area contributed by atoms with Gasteiger partial charge in [0.05, 0.1) is 2.74 Å². The lowest BCUT2D eigenvalue weighted by molar-refractivity contribution is -0.139. The summed E-state index contributed by atoms with van der Waals surface area (Å²) in [6.45, 7) is 0.928. The summed E-state index contributed by atoms with van der Waals surface area (Å²) in [7, 11) is 0. The van der Waals surface area contributed by atoms with Crippen LogP contribution < -0.4 is 10.6 Å². The molecule has 2 atom stereocenters. The highest BCUT2D eigenvalue weighted by molar-refractivity contribution is 6.29. The van der Waals surface area contributed by atoms with E-state index >= 15 is 0 Å². The molecule has 0 unspecified atom stereocenters.